The second-order valence-corrected chi connectivity index (χ2v) is 10.0. The van der Waals surface area contributed by atoms with Crippen LogP contribution in [0.25, 0.3) is 10.4 Å². The Bertz CT molecular complexity index is 1230. The molecule has 2 aliphatic rings. The molecule has 7 heteroatoms. The summed E-state index contributed by atoms with van der Waals surface area (Å²) in [4.78, 5) is 14.0. The smallest absolute Gasteiger partial charge is 0.332 e. The molecule has 0 radical (unpaired) electrons. The van der Waals surface area contributed by atoms with Gasteiger partial charge in [-0.1, -0.05) is 30.3 Å². The zero-order valence-corrected chi connectivity index (χ0v) is 20.4. The van der Waals surface area contributed by atoms with Crippen LogP contribution in [0.1, 0.15) is 35.8 Å². The van der Waals surface area contributed by atoms with E-state index in [2.05, 4.69) is 30.3 Å². The zero-order chi connectivity index (χ0) is 24.3. The predicted molar refractivity (Wildman–Crippen MR) is 132 cm³/mol. The molecule has 1 saturated heterocycles. The first-order valence-corrected chi connectivity index (χ1v) is 12.6. The van der Waals surface area contributed by atoms with Crippen molar-refractivity contribution in [1.29, 1.82) is 5.26 Å². The number of esters is 1. The monoisotopic (exact) mass is 489 g/mol. The normalized spacial score (nSPS) is 17.1. The van der Waals surface area contributed by atoms with Crippen molar-refractivity contribution in [3.63, 3.8) is 0 Å². The van der Waals surface area contributed by atoms with Gasteiger partial charge in [-0.25, -0.2) is 4.79 Å². The molecule has 0 spiro atoms. The number of rotatable bonds is 10. The molecule has 6 nitrogen and oxygen atoms in total. The Balaban J connectivity index is 1.21. The molecule has 0 bridgehead atoms. The molecule has 1 aliphatic carbocycles. The highest BCUT2D eigenvalue weighted by Gasteiger charge is 2.46. The lowest BCUT2D eigenvalue weighted by molar-refractivity contribution is -0.221. The van der Waals surface area contributed by atoms with Crippen molar-refractivity contribution in [2.24, 2.45) is 0 Å². The molecule has 0 N–H and O–H groups in total. The van der Waals surface area contributed by atoms with Gasteiger partial charge in [-0.05, 0) is 66.8 Å². The first kappa shape index (κ1) is 23.6. The van der Waals surface area contributed by atoms with Crippen LogP contribution >= 0.6 is 11.3 Å². The van der Waals surface area contributed by atoms with Crippen LogP contribution in [0.4, 0.5) is 0 Å². The standard InChI is InChI=1S/C28H27NO5S/c1-2-32-26(30)16-34-28(18-31-19-28)22-6-8-23(9-7-22)33-15-20-4-3-5-21(14-20)24-10-11-25(35-24)27(17-29)12-13-27/h3-11,14H,2,12-13,15-16,18-19H2,1H3. The topological polar surface area (TPSA) is 77.8 Å². The quantitative estimate of drug-likeness (QED) is 0.357. The molecule has 35 heavy (non-hydrogen) atoms. The molecule has 0 unspecified atom stereocenters. The van der Waals surface area contributed by atoms with E-state index in [1.165, 1.54) is 4.88 Å². The van der Waals surface area contributed by atoms with Crippen LogP contribution in [0.2, 0.25) is 0 Å². The van der Waals surface area contributed by atoms with Gasteiger partial charge in [0.1, 0.15) is 24.6 Å². The highest BCUT2D eigenvalue weighted by atomic mass is 32.1. The molecule has 0 amide bonds. The van der Waals surface area contributed by atoms with E-state index in [0.29, 0.717) is 26.4 Å². The highest BCUT2D eigenvalue weighted by molar-refractivity contribution is 7.15. The minimum Gasteiger partial charge on any atom is -0.489 e. The van der Waals surface area contributed by atoms with Crippen molar-refractivity contribution < 1.29 is 23.7 Å². The molecule has 2 aromatic carbocycles. The Hall–Kier alpha value is -3.18. The summed E-state index contributed by atoms with van der Waals surface area (Å²) >= 11 is 1.71. The second kappa shape index (κ2) is 9.82. The maximum atomic E-state index is 11.7. The summed E-state index contributed by atoms with van der Waals surface area (Å²) in [5.41, 5.74) is 2.29. The van der Waals surface area contributed by atoms with Crippen molar-refractivity contribution in [1.82, 2.24) is 0 Å². The van der Waals surface area contributed by atoms with Gasteiger partial charge in [0.15, 0.2) is 0 Å². The van der Waals surface area contributed by atoms with Crippen LogP contribution in [0.3, 0.4) is 0 Å². The Morgan fingerprint density at radius 2 is 1.91 bits per heavy atom. The molecule has 5 rings (SSSR count). The van der Waals surface area contributed by atoms with Crippen LogP contribution in [0.5, 0.6) is 5.75 Å². The third-order valence-corrected chi connectivity index (χ3v) is 7.82. The van der Waals surface area contributed by atoms with Gasteiger partial charge in [-0.2, -0.15) is 5.26 Å². The van der Waals surface area contributed by atoms with Gasteiger partial charge >= 0.3 is 5.97 Å². The third kappa shape index (κ3) is 4.96. The van der Waals surface area contributed by atoms with Gasteiger partial charge in [0.2, 0.25) is 0 Å². The van der Waals surface area contributed by atoms with Crippen molar-refractivity contribution >= 4 is 17.3 Å². The molecular weight excluding hydrogens is 462 g/mol. The molecule has 1 aromatic heterocycles. The molecule has 2 heterocycles. The summed E-state index contributed by atoms with van der Waals surface area (Å²) in [6.07, 6.45) is 1.92. The van der Waals surface area contributed by atoms with Gasteiger partial charge in [-0.3, -0.25) is 0 Å². The van der Waals surface area contributed by atoms with E-state index in [4.69, 9.17) is 18.9 Å². The van der Waals surface area contributed by atoms with Crippen molar-refractivity contribution in [2.45, 2.75) is 37.4 Å². The molecule has 180 valence electrons. The summed E-state index contributed by atoms with van der Waals surface area (Å²) in [7, 11) is 0. The maximum Gasteiger partial charge on any atom is 0.332 e. The molecule has 0 atom stereocenters. The fourth-order valence-electron chi connectivity index (χ4n) is 4.14. The van der Waals surface area contributed by atoms with E-state index in [1.54, 1.807) is 18.3 Å². The lowest BCUT2D eigenvalue weighted by Crippen LogP contribution is -2.49. The fraction of sp³-hybridized carbons (Fsp3) is 0.357. The number of nitriles is 1. The Morgan fingerprint density at radius 1 is 1.11 bits per heavy atom. The lowest BCUT2D eigenvalue weighted by atomic mass is 9.91. The minimum atomic E-state index is -0.621. The Morgan fingerprint density at radius 3 is 2.57 bits per heavy atom. The Kier molecular flexibility index (Phi) is 6.61. The summed E-state index contributed by atoms with van der Waals surface area (Å²) in [5.74, 6) is 0.375. The number of thiophene rings is 1. The van der Waals surface area contributed by atoms with Gasteiger partial charge in [0.25, 0.3) is 0 Å². The largest absolute Gasteiger partial charge is 0.489 e. The van der Waals surface area contributed by atoms with Crippen LogP contribution in [-0.2, 0) is 36.6 Å². The molecule has 3 aromatic rings. The van der Waals surface area contributed by atoms with E-state index in [-0.39, 0.29) is 18.0 Å². The van der Waals surface area contributed by atoms with Crippen molar-refractivity contribution in [3.05, 3.63) is 76.7 Å². The van der Waals surface area contributed by atoms with E-state index < -0.39 is 5.60 Å². The molecule has 1 saturated carbocycles. The average molecular weight is 490 g/mol. The van der Waals surface area contributed by atoms with Crippen LogP contribution < -0.4 is 4.74 Å². The van der Waals surface area contributed by atoms with Gasteiger partial charge in [-0.15, -0.1) is 11.3 Å². The summed E-state index contributed by atoms with van der Waals surface area (Å²) < 4.78 is 22.2. The van der Waals surface area contributed by atoms with E-state index in [9.17, 15) is 10.1 Å². The number of ether oxygens (including phenoxy) is 4. The number of hydrogen-bond donors (Lipinski definition) is 0. The van der Waals surface area contributed by atoms with Crippen LogP contribution in [-0.4, -0.2) is 32.4 Å². The summed E-state index contributed by atoms with van der Waals surface area (Å²) in [6, 6.07) is 22.7. The Labute approximate surface area is 209 Å². The maximum absolute atomic E-state index is 11.7. The number of carbonyl (C=O) groups is 1. The first-order chi connectivity index (χ1) is 17.1. The number of nitrogens with zero attached hydrogens (tertiary/aromatic N) is 1. The first-order valence-electron chi connectivity index (χ1n) is 11.8. The predicted octanol–water partition coefficient (Wildman–Crippen LogP) is 5.35. The van der Waals surface area contributed by atoms with E-state index in [0.717, 1.165) is 40.2 Å². The minimum absolute atomic E-state index is 0.102. The SMILES string of the molecule is CCOC(=O)COC1(c2ccc(OCc3cccc(-c4ccc(C5(C#N)CC5)s4)c3)cc2)COC1. The third-order valence-electron chi connectivity index (χ3n) is 6.48. The second-order valence-electron chi connectivity index (χ2n) is 8.95. The van der Waals surface area contributed by atoms with Gasteiger partial charge in [0.05, 0.1) is 31.3 Å². The summed E-state index contributed by atoms with van der Waals surface area (Å²) in [5, 5.41) is 9.47. The molecular formula is C28H27NO5S. The zero-order valence-electron chi connectivity index (χ0n) is 19.6. The molecule has 1 aliphatic heterocycles. The summed E-state index contributed by atoms with van der Waals surface area (Å²) in [6.45, 7) is 3.25. The lowest BCUT2D eigenvalue weighted by Gasteiger charge is -2.41. The van der Waals surface area contributed by atoms with Crippen LogP contribution in [0, 0.1) is 11.3 Å². The number of hydrogen-bond acceptors (Lipinski definition) is 7. The fourth-order valence-corrected chi connectivity index (χ4v) is 5.34. The molecule has 2 fully saturated rings. The van der Waals surface area contributed by atoms with Gasteiger partial charge < -0.3 is 18.9 Å². The van der Waals surface area contributed by atoms with Gasteiger partial charge in [0, 0.05) is 9.75 Å². The highest BCUT2D eigenvalue weighted by Crippen LogP contribution is 2.51. The van der Waals surface area contributed by atoms with E-state index >= 15 is 0 Å². The van der Waals surface area contributed by atoms with Crippen LogP contribution in [0.15, 0.2) is 60.7 Å². The van der Waals surface area contributed by atoms with Crippen molar-refractivity contribution in [2.75, 3.05) is 26.4 Å². The van der Waals surface area contributed by atoms with Crippen molar-refractivity contribution in [3.8, 4) is 22.3 Å². The number of benzene rings is 2. The average Bonchev–Trinajstić information content (AvgIpc) is 3.50. The van der Waals surface area contributed by atoms with E-state index in [1.807, 2.05) is 36.4 Å². The number of carbonyl (C=O) groups excluding carboxylic acids is 1.